The van der Waals surface area contributed by atoms with Crippen LogP contribution in [0, 0.1) is 6.92 Å². The first-order chi connectivity index (χ1) is 8.63. The van der Waals surface area contributed by atoms with E-state index in [0.717, 1.165) is 28.3 Å². The molecule has 1 aromatic carbocycles. The minimum absolute atomic E-state index is 0.0555. The average Bonchev–Trinajstić information content (AvgIpc) is 2.37. The maximum atomic E-state index is 9.11. The molecule has 3 nitrogen and oxygen atoms in total. The Morgan fingerprint density at radius 3 is 2.72 bits per heavy atom. The molecule has 0 saturated heterocycles. The third kappa shape index (κ3) is 3.87. The third-order valence-electron chi connectivity index (χ3n) is 2.89. The lowest BCUT2D eigenvalue weighted by Gasteiger charge is -2.20. The number of aliphatic hydroxyl groups is 1. The van der Waals surface area contributed by atoms with Crippen molar-refractivity contribution >= 4 is 11.6 Å². The van der Waals surface area contributed by atoms with E-state index in [9.17, 15) is 0 Å². The van der Waals surface area contributed by atoms with Gasteiger partial charge in [0.2, 0.25) is 0 Å². The lowest BCUT2D eigenvalue weighted by molar-refractivity contribution is 0.263. The molecule has 1 atom stereocenters. The minimum atomic E-state index is 0.0555. The van der Waals surface area contributed by atoms with Crippen LogP contribution in [-0.2, 0) is 0 Å². The first-order valence-corrected chi connectivity index (χ1v) is 6.72. The molecule has 4 heteroatoms. The molecule has 0 aliphatic heterocycles. The summed E-state index contributed by atoms with van der Waals surface area (Å²) >= 11 is 6.18. The van der Waals surface area contributed by atoms with Crippen molar-refractivity contribution in [3.63, 3.8) is 0 Å². The highest BCUT2D eigenvalue weighted by Gasteiger charge is 2.16. The lowest BCUT2D eigenvalue weighted by atomic mass is 10.0. The smallest absolute Gasteiger partial charge is 0.124 e. The fourth-order valence-corrected chi connectivity index (χ4v) is 2.04. The summed E-state index contributed by atoms with van der Waals surface area (Å²) in [6, 6.07) is 3.95. The van der Waals surface area contributed by atoms with Crippen LogP contribution < -0.4 is 10.1 Å². The standard InChI is InChI=1S/C14H22ClNO2/c1-4-7-18-14-8-10(2)12(15)9-11(14)13(16-3)5-6-17/h8-9,13,16-17H,4-7H2,1-3H3. The van der Waals surface area contributed by atoms with Crippen LogP contribution in [-0.4, -0.2) is 25.4 Å². The molecule has 1 rings (SSSR count). The number of rotatable bonds is 7. The molecule has 0 spiro atoms. The molecule has 0 fully saturated rings. The molecule has 0 heterocycles. The molecule has 1 unspecified atom stereocenters. The topological polar surface area (TPSA) is 41.5 Å². The number of aryl methyl sites for hydroxylation is 1. The fourth-order valence-electron chi connectivity index (χ4n) is 1.86. The second-order valence-electron chi connectivity index (χ2n) is 4.34. The Balaban J connectivity index is 3.08. The van der Waals surface area contributed by atoms with Crippen LogP contribution >= 0.6 is 11.6 Å². The second-order valence-corrected chi connectivity index (χ2v) is 4.75. The summed E-state index contributed by atoms with van der Waals surface area (Å²) < 4.78 is 5.77. The summed E-state index contributed by atoms with van der Waals surface area (Å²) in [6.07, 6.45) is 1.60. The van der Waals surface area contributed by atoms with Gasteiger partial charge in [-0.15, -0.1) is 0 Å². The van der Waals surface area contributed by atoms with Gasteiger partial charge in [-0.25, -0.2) is 0 Å². The zero-order valence-corrected chi connectivity index (χ0v) is 12.0. The average molecular weight is 272 g/mol. The molecule has 0 aliphatic rings. The largest absolute Gasteiger partial charge is 0.493 e. The Morgan fingerprint density at radius 2 is 2.17 bits per heavy atom. The van der Waals surface area contributed by atoms with E-state index < -0.39 is 0 Å². The predicted octanol–water partition coefficient (Wildman–Crippen LogP) is 3.08. The number of halogens is 1. The summed E-state index contributed by atoms with van der Waals surface area (Å²) in [4.78, 5) is 0. The SMILES string of the molecule is CCCOc1cc(C)c(Cl)cc1C(CCO)NC. The monoisotopic (exact) mass is 271 g/mol. The van der Waals surface area contributed by atoms with Gasteiger partial charge in [0.15, 0.2) is 0 Å². The van der Waals surface area contributed by atoms with Crippen molar-refractivity contribution in [2.75, 3.05) is 20.3 Å². The van der Waals surface area contributed by atoms with Gasteiger partial charge in [0.05, 0.1) is 6.61 Å². The fraction of sp³-hybridized carbons (Fsp3) is 0.571. The van der Waals surface area contributed by atoms with Crippen molar-refractivity contribution in [1.82, 2.24) is 5.32 Å². The van der Waals surface area contributed by atoms with Crippen molar-refractivity contribution in [1.29, 1.82) is 0 Å². The number of hydrogen-bond acceptors (Lipinski definition) is 3. The molecule has 0 bridgehead atoms. The summed E-state index contributed by atoms with van der Waals surface area (Å²) in [5, 5.41) is 13.0. The van der Waals surface area contributed by atoms with Gasteiger partial charge in [-0.2, -0.15) is 0 Å². The van der Waals surface area contributed by atoms with Gasteiger partial charge >= 0.3 is 0 Å². The second kappa shape index (κ2) is 7.62. The molecule has 0 aromatic heterocycles. The molecular formula is C14H22ClNO2. The Kier molecular flexibility index (Phi) is 6.47. The van der Waals surface area contributed by atoms with Crippen LogP contribution in [0.4, 0.5) is 0 Å². The zero-order valence-electron chi connectivity index (χ0n) is 11.3. The molecule has 0 aliphatic carbocycles. The van der Waals surface area contributed by atoms with Gasteiger partial charge < -0.3 is 15.2 Å². The number of hydrogen-bond donors (Lipinski definition) is 2. The van der Waals surface area contributed by atoms with Gasteiger partial charge in [-0.1, -0.05) is 18.5 Å². The molecule has 0 radical (unpaired) electrons. The predicted molar refractivity (Wildman–Crippen MR) is 75.5 cm³/mol. The molecule has 0 amide bonds. The summed E-state index contributed by atoms with van der Waals surface area (Å²) in [7, 11) is 1.87. The van der Waals surface area contributed by atoms with E-state index in [1.54, 1.807) is 0 Å². The lowest BCUT2D eigenvalue weighted by Crippen LogP contribution is -2.19. The first kappa shape index (κ1) is 15.3. The van der Waals surface area contributed by atoms with Crippen LogP contribution in [0.25, 0.3) is 0 Å². The summed E-state index contributed by atoms with van der Waals surface area (Å²) in [5.74, 6) is 0.853. The van der Waals surface area contributed by atoms with Crippen molar-refractivity contribution in [3.05, 3.63) is 28.3 Å². The zero-order chi connectivity index (χ0) is 13.5. The quantitative estimate of drug-likeness (QED) is 0.801. The Morgan fingerprint density at radius 1 is 1.44 bits per heavy atom. The van der Waals surface area contributed by atoms with Crippen LogP contribution in [0.3, 0.4) is 0 Å². The van der Waals surface area contributed by atoms with Gasteiger partial charge in [0, 0.05) is 23.2 Å². The Bertz CT molecular complexity index is 382. The molecule has 2 N–H and O–H groups in total. The van der Waals surface area contributed by atoms with Crippen LogP contribution in [0.5, 0.6) is 5.75 Å². The van der Waals surface area contributed by atoms with Crippen LogP contribution in [0.1, 0.15) is 36.9 Å². The first-order valence-electron chi connectivity index (χ1n) is 6.35. The number of aliphatic hydroxyl groups excluding tert-OH is 1. The van der Waals surface area contributed by atoms with Gasteiger partial charge in [0.1, 0.15) is 5.75 Å². The highest BCUT2D eigenvalue weighted by Crippen LogP contribution is 2.32. The molecule has 1 aromatic rings. The van der Waals surface area contributed by atoms with Crippen LogP contribution in [0.2, 0.25) is 5.02 Å². The Hall–Kier alpha value is -0.770. The highest BCUT2D eigenvalue weighted by molar-refractivity contribution is 6.31. The normalized spacial score (nSPS) is 12.5. The van der Waals surface area contributed by atoms with E-state index in [1.807, 2.05) is 26.1 Å². The third-order valence-corrected chi connectivity index (χ3v) is 3.30. The van der Waals surface area contributed by atoms with Crippen molar-refractivity contribution in [2.45, 2.75) is 32.7 Å². The Labute approximate surface area is 114 Å². The highest BCUT2D eigenvalue weighted by atomic mass is 35.5. The number of ether oxygens (including phenoxy) is 1. The van der Waals surface area contributed by atoms with E-state index in [2.05, 4.69) is 12.2 Å². The molecule has 18 heavy (non-hydrogen) atoms. The molecule has 102 valence electrons. The maximum Gasteiger partial charge on any atom is 0.124 e. The van der Waals surface area contributed by atoms with E-state index in [1.165, 1.54) is 0 Å². The summed E-state index contributed by atoms with van der Waals surface area (Å²) in [6.45, 7) is 4.85. The van der Waals surface area contributed by atoms with E-state index in [4.69, 9.17) is 21.4 Å². The van der Waals surface area contributed by atoms with E-state index in [0.29, 0.717) is 13.0 Å². The van der Waals surface area contributed by atoms with Crippen LogP contribution in [0.15, 0.2) is 12.1 Å². The molecule has 0 saturated carbocycles. The van der Waals surface area contributed by atoms with E-state index >= 15 is 0 Å². The van der Waals surface area contributed by atoms with Gasteiger partial charge in [-0.3, -0.25) is 0 Å². The number of nitrogens with one attached hydrogen (secondary N) is 1. The van der Waals surface area contributed by atoms with Crippen molar-refractivity contribution in [3.8, 4) is 5.75 Å². The van der Waals surface area contributed by atoms with Gasteiger partial charge in [0.25, 0.3) is 0 Å². The van der Waals surface area contributed by atoms with E-state index in [-0.39, 0.29) is 12.6 Å². The van der Waals surface area contributed by atoms with Crippen molar-refractivity contribution < 1.29 is 9.84 Å². The van der Waals surface area contributed by atoms with Gasteiger partial charge in [-0.05, 0) is 44.5 Å². The molecular weight excluding hydrogens is 250 g/mol. The van der Waals surface area contributed by atoms with Crippen molar-refractivity contribution in [2.24, 2.45) is 0 Å². The number of benzene rings is 1. The minimum Gasteiger partial charge on any atom is -0.493 e. The maximum absolute atomic E-state index is 9.11. The summed E-state index contributed by atoms with van der Waals surface area (Å²) in [5.41, 5.74) is 2.01.